The maximum absolute atomic E-state index is 6.15. The van der Waals surface area contributed by atoms with Crippen molar-refractivity contribution >= 4 is 44.7 Å². The summed E-state index contributed by atoms with van der Waals surface area (Å²) in [6.45, 7) is 4.11. The monoisotopic (exact) mass is 366 g/mol. The Morgan fingerprint density at radius 3 is 2.76 bits per heavy atom. The maximum atomic E-state index is 6.15. The Morgan fingerprint density at radius 1 is 1.08 bits per heavy atom. The molecule has 25 heavy (non-hydrogen) atoms. The third kappa shape index (κ3) is 3.21. The Labute approximate surface area is 154 Å². The van der Waals surface area contributed by atoms with Crippen LogP contribution >= 0.6 is 22.9 Å². The summed E-state index contributed by atoms with van der Waals surface area (Å²) in [5.41, 5.74) is 2.93. The summed E-state index contributed by atoms with van der Waals surface area (Å²) in [7, 11) is 0. The zero-order valence-electron chi connectivity index (χ0n) is 13.7. The molecule has 1 aromatic carbocycles. The molecule has 0 atom stereocenters. The average Bonchev–Trinajstić information content (AvgIpc) is 2.99. The number of fused-ring (bicyclic) bond motifs is 1. The second-order valence-electron chi connectivity index (χ2n) is 5.80. The van der Waals surface area contributed by atoms with Gasteiger partial charge in [0, 0.05) is 33.5 Å². The molecule has 3 heterocycles. The third-order valence-electron chi connectivity index (χ3n) is 3.89. The second-order valence-corrected chi connectivity index (χ2v) is 7.47. The number of thiophene rings is 1. The van der Waals surface area contributed by atoms with E-state index in [1.54, 1.807) is 23.7 Å². The first-order valence-corrected chi connectivity index (χ1v) is 9.01. The Hall–Kier alpha value is -2.50. The van der Waals surface area contributed by atoms with Crippen molar-refractivity contribution in [3.8, 4) is 11.4 Å². The largest absolute Gasteiger partial charge is 0.339 e. The van der Waals surface area contributed by atoms with E-state index in [2.05, 4.69) is 23.3 Å². The number of aromatic nitrogens is 3. The summed E-state index contributed by atoms with van der Waals surface area (Å²) in [6, 6.07) is 11.7. The Bertz CT molecular complexity index is 1060. The fourth-order valence-corrected chi connectivity index (χ4v) is 3.67. The fraction of sp³-hybridized carbons (Fsp3) is 0.105. The van der Waals surface area contributed by atoms with Crippen molar-refractivity contribution in [1.29, 1.82) is 0 Å². The van der Waals surface area contributed by atoms with Crippen LogP contribution in [0.25, 0.3) is 21.6 Å². The van der Waals surface area contributed by atoms with Crippen LogP contribution in [0.3, 0.4) is 0 Å². The number of anilines is 2. The van der Waals surface area contributed by atoms with Crippen LogP contribution < -0.4 is 5.32 Å². The van der Waals surface area contributed by atoms with Crippen molar-refractivity contribution < 1.29 is 0 Å². The first-order valence-electron chi connectivity index (χ1n) is 7.82. The van der Waals surface area contributed by atoms with Crippen LogP contribution in [-0.4, -0.2) is 15.0 Å². The van der Waals surface area contributed by atoms with E-state index in [9.17, 15) is 0 Å². The molecule has 124 valence electrons. The van der Waals surface area contributed by atoms with Gasteiger partial charge in [-0.25, -0.2) is 9.97 Å². The molecular formula is C19H15ClN4S. The normalized spacial score (nSPS) is 11.0. The topological polar surface area (TPSA) is 50.7 Å². The molecule has 0 saturated carbocycles. The maximum Gasteiger partial charge on any atom is 0.164 e. The summed E-state index contributed by atoms with van der Waals surface area (Å²) < 4.78 is 0. The van der Waals surface area contributed by atoms with Crippen molar-refractivity contribution in [3.05, 3.63) is 64.3 Å². The fourth-order valence-electron chi connectivity index (χ4n) is 2.62. The molecule has 4 aromatic rings. The number of hydrogen-bond donors (Lipinski definition) is 1. The van der Waals surface area contributed by atoms with Gasteiger partial charge in [-0.1, -0.05) is 17.7 Å². The van der Waals surface area contributed by atoms with Crippen molar-refractivity contribution in [2.45, 2.75) is 13.8 Å². The highest BCUT2D eigenvalue weighted by atomic mass is 35.5. The Balaban J connectivity index is 1.88. The number of rotatable bonds is 3. The molecule has 0 saturated heterocycles. The highest BCUT2D eigenvalue weighted by molar-refractivity contribution is 7.18. The van der Waals surface area contributed by atoms with Crippen LogP contribution in [0, 0.1) is 13.8 Å². The molecule has 0 aliphatic heterocycles. The summed E-state index contributed by atoms with van der Waals surface area (Å²) >= 11 is 7.81. The van der Waals surface area contributed by atoms with Crippen LogP contribution in [0.2, 0.25) is 5.02 Å². The van der Waals surface area contributed by atoms with E-state index in [0.29, 0.717) is 10.8 Å². The molecule has 0 radical (unpaired) electrons. The van der Waals surface area contributed by atoms with E-state index < -0.39 is 0 Å². The minimum atomic E-state index is 0.657. The van der Waals surface area contributed by atoms with E-state index in [0.717, 1.165) is 32.8 Å². The number of halogens is 1. The van der Waals surface area contributed by atoms with E-state index in [1.807, 2.05) is 37.3 Å². The van der Waals surface area contributed by atoms with Crippen LogP contribution in [0.1, 0.15) is 10.4 Å². The van der Waals surface area contributed by atoms with Gasteiger partial charge < -0.3 is 5.32 Å². The Morgan fingerprint density at radius 2 is 1.96 bits per heavy atom. The minimum Gasteiger partial charge on any atom is -0.339 e. The quantitative estimate of drug-likeness (QED) is 0.500. The molecule has 1 N–H and O–H groups in total. The zero-order valence-corrected chi connectivity index (χ0v) is 15.3. The molecule has 0 spiro atoms. The van der Waals surface area contributed by atoms with E-state index in [1.165, 1.54) is 4.88 Å². The van der Waals surface area contributed by atoms with Gasteiger partial charge in [-0.15, -0.1) is 11.3 Å². The first-order chi connectivity index (χ1) is 12.1. The van der Waals surface area contributed by atoms with Crippen molar-refractivity contribution in [2.75, 3.05) is 5.32 Å². The lowest BCUT2D eigenvalue weighted by atomic mass is 10.2. The van der Waals surface area contributed by atoms with Crippen LogP contribution in [-0.2, 0) is 0 Å². The molecule has 0 fully saturated rings. The molecule has 0 aliphatic rings. The van der Waals surface area contributed by atoms with Gasteiger partial charge in [-0.05, 0) is 49.7 Å². The lowest BCUT2D eigenvalue weighted by Gasteiger charge is -2.11. The molecule has 0 aliphatic carbocycles. The SMILES string of the molecule is Cc1cc2c(Nc3cc(Cl)ccc3C)nc(-c3cccnc3)nc2s1. The van der Waals surface area contributed by atoms with Crippen molar-refractivity contribution in [1.82, 2.24) is 15.0 Å². The highest BCUT2D eigenvalue weighted by Crippen LogP contribution is 2.33. The molecule has 3 aromatic heterocycles. The lowest BCUT2D eigenvalue weighted by molar-refractivity contribution is 1.21. The molecule has 0 unspecified atom stereocenters. The summed E-state index contributed by atoms with van der Waals surface area (Å²) in [6.07, 6.45) is 3.52. The van der Waals surface area contributed by atoms with Crippen molar-refractivity contribution in [3.63, 3.8) is 0 Å². The first kappa shape index (κ1) is 16.0. The zero-order chi connectivity index (χ0) is 17.4. The number of benzene rings is 1. The molecule has 0 bridgehead atoms. The molecule has 6 heteroatoms. The smallest absolute Gasteiger partial charge is 0.164 e. The van der Waals surface area contributed by atoms with Gasteiger partial charge in [0.2, 0.25) is 0 Å². The summed E-state index contributed by atoms with van der Waals surface area (Å²) in [5.74, 6) is 1.43. The number of hydrogen-bond acceptors (Lipinski definition) is 5. The van der Waals surface area contributed by atoms with Crippen molar-refractivity contribution in [2.24, 2.45) is 0 Å². The predicted molar refractivity (Wildman–Crippen MR) is 105 cm³/mol. The van der Waals surface area contributed by atoms with Gasteiger partial charge in [0.25, 0.3) is 0 Å². The number of aryl methyl sites for hydroxylation is 2. The van der Waals surface area contributed by atoms with Crippen LogP contribution in [0.5, 0.6) is 0 Å². The molecule has 4 nitrogen and oxygen atoms in total. The molecular weight excluding hydrogens is 352 g/mol. The van der Waals surface area contributed by atoms with Crippen LogP contribution in [0.15, 0.2) is 48.8 Å². The van der Waals surface area contributed by atoms with Crippen LogP contribution in [0.4, 0.5) is 11.5 Å². The highest BCUT2D eigenvalue weighted by Gasteiger charge is 2.13. The molecule has 0 amide bonds. The summed E-state index contributed by atoms with van der Waals surface area (Å²) in [5, 5.41) is 5.13. The van der Waals surface area contributed by atoms with Gasteiger partial charge in [0.05, 0.1) is 5.39 Å². The number of nitrogens with zero attached hydrogens (tertiary/aromatic N) is 3. The van der Waals surface area contributed by atoms with E-state index in [4.69, 9.17) is 21.6 Å². The minimum absolute atomic E-state index is 0.657. The second kappa shape index (κ2) is 6.43. The van der Waals surface area contributed by atoms with E-state index >= 15 is 0 Å². The standard InChI is InChI=1S/C19H15ClN4S/c1-11-5-6-14(20)9-16(11)22-18-15-8-12(2)25-19(15)24-17(23-18)13-4-3-7-21-10-13/h3-10H,1-2H3,(H,22,23,24). The van der Waals surface area contributed by atoms with Gasteiger partial charge in [-0.2, -0.15) is 0 Å². The number of nitrogens with one attached hydrogen (secondary N) is 1. The average molecular weight is 367 g/mol. The van der Waals surface area contributed by atoms with Gasteiger partial charge in [0.1, 0.15) is 10.6 Å². The van der Waals surface area contributed by atoms with Gasteiger partial charge in [-0.3, -0.25) is 4.98 Å². The predicted octanol–water partition coefficient (Wildman–Crippen LogP) is 5.77. The summed E-state index contributed by atoms with van der Waals surface area (Å²) in [4.78, 5) is 15.8. The molecule has 4 rings (SSSR count). The number of pyridine rings is 1. The Kier molecular flexibility index (Phi) is 4.11. The third-order valence-corrected chi connectivity index (χ3v) is 5.07. The lowest BCUT2D eigenvalue weighted by Crippen LogP contribution is -1.99. The van der Waals surface area contributed by atoms with Gasteiger partial charge >= 0.3 is 0 Å². The van der Waals surface area contributed by atoms with E-state index in [-0.39, 0.29) is 0 Å². The van der Waals surface area contributed by atoms with Gasteiger partial charge in [0.15, 0.2) is 5.82 Å².